The summed E-state index contributed by atoms with van der Waals surface area (Å²) in [5.41, 5.74) is 1.51. The molecule has 0 amide bonds. The van der Waals surface area contributed by atoms with Gasteiger partial charge in [-0.05, 0) is 19.3 Å². The van der Waals surface area contributed by atoms with Crippen LogP contribution >= 0.6 is 0 Å². The molecule has 1 atom stereocenters. The Kier molecular flexibility index (Phi) is 3.55. The largest absolute Gasteiger partial charge is 0.330 e. The second kappa shape index (κ2) is 4.28. The standard InChI is InChI=1S/C12H24N/c1-11-8-6-5-7-9-12(11)10-13(2,3)4/h12H,1,5-10H2,2-4H3/q+1/t12-/m0/s1. The second-order valence-corrected chi connectivity index (χ2v) is 5.43. The summed E-state index contributed by atoms with van der Waals surface area (Å²) in [6.45, 7) is 5.49. The van der Waals surface area contributed by atoms with Crippen LogP contribution in [0.15, 0.2) is 12.2 Å². The predicted molar refractivity (Wildman–Crippen MR) is 58.6 cm³/mol. The Hall–Kier alpha value is -0.300. The van der Waals surface area contributed by atoms with E-state index in [1.165, 1.54) is 44.2 Å². The smallest absolute Gasteiger partial charge is 0.0846 e. The van der Waals surface area contributed by atoms with Gasteiger partial charge in [0, 0.05) is 5.92 Å². The van der Waals surface area contributed by atoms with Crippen LogP contribution in [-0.2, 0) is 0 Å². The van der Waals surface area contributed by atoms with Crippen molar-refractivity contribution in [3.05, 3.63) is 12.2 Å². The zero-order valence-corrected chi connectivity index (χ0v) is 9.47. The normalized spacial score (nSPS) is 25.8. The van der Waals surface area contributed by atoms with Gasteiger partial charge in [0.2, 0.25) is 0 Å². The Morgan fingerprint density at radius 1 is 1.23 bits per heavy atom. The van der Waals surface area contributed by atoms with Crippen molar-refractivity contribution < 1.29 is 4.48 Å². The highest BCUT2D eigenvalue weighted by atomic mass is 15.3. The van der Waals surface area contributed by atoms with Gasteiger partial charge in [0.05, 0.1) is 27.7 Å². The fraction of sp³-hybridized carbons (Fsp3) is 0.833. The predicted octanol–water partition coefficient (Wildman–Crippen LogP) is 2.83. The lowest BCUT2D eigenvalue weighted by Gasteiger charge is -2.29. The van der Waals surface area contributed by atoms with Crippen molar-refractivity contribution in [2.45, 2.75) is 32.1 Å². The Balaban J connectivity index is 2.50. The van der Waals surface area contributed by atoms with Gasteiger partial charge in [-0.3, -0.25) is 0 Å². The molecule has 1 rings (SSSR count). The molecule has 0 saturated heterocycles. The highest BCUT2D eigenvalue weighted by molar-refractivity contribution is 5.01. The molecule has 0 bridgehead atoms. The van der Waals surface area contributed by atoms with E-state index in [-0.39, 0.29) is 0 Å². The molecule has 13 heavy (non-hydrogen) atoms. The Morgan fingerprint density at radius 2 is 1.92 bits per heavy atom. The van der Waals surface area contributed by atoms with E-state index in [0.717, 1.165) is 10.4 Å². The Labute approximate surface area is 83.0 Å². The number of hydrogen-bond acceptors (Lipinski definition) is 0. The maximum atomic E-state index is 4.23. The van der Waals surface area contributed by atoms with Crippen LogP contribution in [0, 0.1) is 5.92 Å². The maximum Gasteiger partial charge on any atom is 0.0846 e. The fourth-order valence-corrected chi connectivity index (χ4v) is 2.21. The van der Waals surface area contributed by atoms with E-state index in [1.807, 2.05) is 0 Å². The van der Waals surface area contributed by atoms with Gasteiger partial charge < -0.3 is 4.48 Å². The summed E-state index contributed by atoms with van der Waals surface area (Å²) in [4.78, 5) is 0. The topological polar surface area (TPSA) is 0 Å². The maximum absolute atomic E-state index is 4.23. The molecule has 0 heterocycles. The molecule has 0 aromatic rings. The van der Waals surface area contributed by atoms with Crippen LogP contribution in [0.5, 0.6) is 0 Å². The van der Waals surface area contributed by atoms with Crippen LogP contribution in [0.3, 0.4) is 0 Å². The summed E-state index contributed by atoms with van der Waals surface area (Å²) in [5, 5.41) is 0. The summed E-state index contributed by atoms with van der Waals surface area (Å²) < 4.78 is 1.07. The van der Waals surface area contributed by atoms with Gasteiger partial charge in [-0.1, -0.05) is 25.0 Å². The lowest BCUT2D eigenvalue weighted by Crippen LogP contribution is -2.39. The zero-order chi connectivity index (χ0) is 9.90. The second-order valence-electron chi connectivity index (χ2n) is 5.43. The number of quaternary nitrogens is 1. The monoisotopic (exact) mass is 182 g/mol. The van der Waals surface area contributed by atoms with Gasteiger partial charge >= 0.3 is 0 Å². The summed E-state index contributed by atoms with van der Waals surface area (Å²) in [5.74, 6) is 0.780. The molecule has 1 heteroatoms. The van der Waals surface area contributed by atoms with Gasteiger partial charge in [0.15, 0.2) is 0 Å². The summed E-state index contributed by atoms with van der Waals surface area (Å²) in [6, 6.07) is 0. The molecule has 1 aliphatic rings. The van der Waals surface area contributed by atoms with Crippen molar-refractivity contribution in [2.24, 2.45) is 5.92 Å². The molecule has 0 spiro atoms. The third-order valence-corrected chi connectivity index (χ3v) is 2.90. The minimum absolute atomic E-state index is 0.780. The molecular formula is C12H24N+. The molecule has 1 fully saturated rings. The number of nitrogens with zero attached hydrogens (tertiary/aromatic N) is 1. The molecule has 1 nitrogen and oxygen atoms in total. The van der Waals surface area contributed by atoms with Gasteiger partial charge in [-0.25, -0.2) is 0 Å². The Bertz CT molecular complexity index is 176. The highest BCUT2D eigenvalue weighted by Crippen LogP contribution is 2.27. The number of hydrogen-bond donors (Lipinski definition) is 0. The van der Waals surface area contributed by atoms with E-state index in [9.17, 15) is 0 Å². The first kappa shape index (κ1) is 10.8. The summed E-state index contributed by atoms with van der Waals surface area (Å²) in [6.07, 6.45) is 6.82. The van der Waals surface area contributed by atoms with Gasteiger partial charge in [0.25, 0.3) is 0 Å². The lowest BCUT2D eigenvalue weighted by molar-refractivity contribution is -0.873. The van der Waals surface area contributed by atoms with E-state index in [0.29, 0.717) is 0 Å². The van der Waals surface area contributed by atoms with Gasteiger partial charge in [-0.2, -0.15) is 0 Å². The van der Waals surface area contributed by atoms with E-state index in [4.69, 9.17) is 0 Å². The minimum atomic E-state index is 0.780. The van der Waals surface area contributed by atoms with E-state index in [1.54, 1.807) is 0 Å². The van der Waals surface area contributed by atoms with Crippen molar-refractivity contribution in [3.63, 3.8) is 0 Å². The molecule has 1 aliphatic carbocycles. The molecule has 0 N–H and O–H groups in total. The number of rotatable bonds is 2. The average Bonchev–Trinajstić information content (AvgIpc) is 2.14. The van der Waals surface area contributed by atoms with Crippen LogP contribution in [0.2, 0.25) is 0 Å². The fourth-order valence-electron chi connectivity index (χ4n) is 2.21. The Morgan fingerprint density at radius 3 is 2.54 bits per heavy atom. The molecule has 0 aliphatic heterocycles. The van der Waals surface area contributed by atoms with Crippen LogP contribution in [0.1, 0.15) is 32.1 Å². The molecule has 0 unspecified atom stereocenters. The third kappa shape index (κ3) is 3.95. The van der Waals surface area contributed by atoms with Crippen molar-refractivity contribution >= 4 is 0 Å². The van der Waals surface area contributed by atoms with Crippen molar-refractivity contribution in [3.8, 4) is 0 Å². The van der Waals surface area contributed by atoms with Crippen LogP contribution < -0.4 is 0 Å². The summed E-state index contributed by atoms with van der Waals surface area (Å²) >= 11 is 0. The van der Waals surface area contributed by atoms with Crippen molar-refractivity contribution in [2.75, 3.05) is 27.7 Å². The van der Waals surface area contributed by atoms with Crippen LogP contribution in [-0.4, -0.2) is 32.2 Å². The molecule has 0 radical (unpaired) electrons. The first-order chi connectivity index (χ1) is 5.99. The zero-order valence-electron chi connectivity index (χ0n) is 9.47. The van der Waals surface area contributed by atoms with Crippen LogP contribution in [0.4, 0.5) is 0 Å². The highest BCUT2D eigenvalue weighted by Gasteiger charge is 2.21. The third-order valence-electron chi connectivity index (χ3n) is 2.90. The SMILES string of the molecule is C=C1CCCCC[C@H]1C[N+](C)(C)C. The van der Waals surface area contributed by atoms with Crippen molar-refractivity contribution in [1.29, 1.82) is 0 Å². The van der Waals surface area contributed by atoms with Gasteiger partial charge in [0.1, 0.15) is 0 Å². The minimum Gasteiger partial charge on any atom is -0.330 e. The van der Waals surface area contributed by atoms with E-state index >= 15 is 0 Å². The first-order valence-electron chi connectivity index (χ1n) is 5.47. The quantitative estimate of drug-likeness (QED) is 0.350. The summed E-state index contributed by atoms with van der Waals surface area (Å²) in [7, 11) is 6.83. The van der Waals surface area contributed by atoms with E-state index < -0.39 is 0 Å². The molecular weight excluding hydrogens is 158 g/mol. The van der Waals surface area contributed by atoms with Crippen molar-refractivity contribution in [1.82, 2.24) is 0 Å². The molecule has 0 aromatic carbocycles. The van der Waals surface area contributed by atoms with Crippen LogP contribution in [0.25, 0.3) is 0 Å². The lowest BCUT2D eigenvalue weighted by atomic mass is 9.95. The first-order valence-corrected chi connectivity index (χ1v) is 5.47. The van der Waals surface area contributed by atoms with Gasteiger partial charge in [-0.15, -0.1) is 0 Å². The average molecular weight is 182 g/mol. The van der Waals surface area contributed by atoms with E-state index in [2.05, 4.69) is 27.7 Å². The molecule has 0 aromatic heterocycles. The molecule has 76 valence electrons. The molecule has 1 saturated carbocycles.